The van der Waals surface area contributed by atoms with Crippen LogP contribution in [-0.4, -0.2) is 29.1 Å². The van der Waals surface area contributed by atoms with E-state index in [1.165, 1.54) is 44.9 Å². The lowest BCUT2D eigenvalue weighted by atomic mass is 9.80. The lowest BCUT2D eigenvalue weighted by molar-refractivity contribution is -0.136. The van der Waals surface area contributed by atoms with Crippen LogP contribution in [0.3, 0.4) is 0 Å². The molecule has 1 saturated heterocycles. The van der Waals surface area contributed by atoms with Crippen LogP contribution in [0.25, 0.3) is 0 Å². The van der Waals surface area contributed by atoms with Crippen LogP contribution in [0, 0.1) is 11.8 Å². The molecule has 1 amide bonds. The van der Waals surface area contributed by atoms with E-state index >= 15 is 0 Å². The summed E-state index contributed by atoms with van der Waals surface area (Å²) in [6.45, 7) is 4.52. The lowest BCUT2D eigenvalue weighted by Crippen LogP contribution is -2.52. The van der Waals surface area contributed by atoms with Crippen molar-refractivity contribution in [1.82, 2.24) is 10.2 Å². The molecule has 1 heterocycles. The van der Waals surface area contributed by atoms with Gasteiger partial charge in [0.15, 0.2) is 0 Å². The van der Waals surface area contributed by atoms with Crippen molar-refractivity contribution < 1.29 is 4.79 Å². The first-order valence-electron chi connectivity index (χ1n) is 8.79. The number of nitrogens with one attached hydrogen (secondary N) is 1. The fourth-order valence-electron chi connectivity index (χ4n) is 4.42. The Morgan fingerprint density at radius 3 is 2.55 bits per heavy atom. The van der Waals surface area contributed by atoms with Crippen LogP contribution in [-0.2, 0) is 4.79 Å². The van der Waals surface area contributed by atoms with Gasteiger partial charge in [-0.2, -0.15) is 0 Å². The molecule has 114 valence electrons. The van der Waals surface area contributed by atoms with Crippen molar-refractivity contribution in [3.8, 4) is 0 Å². The first kappa shape index (κ1) is 14.4. The fraction of sp³-hybridized carbons (Fsp3) is 0.941. The smallest absolute Gasteiger partial charge is 0.241 e. The largest absolute Gasteiger partial charge is 0.323 e. The Kier molecular flexibility index (Phi) is 4.34. The maximum Gasteiger partial charge on any atom is 0.241 e. The number of amides is 1. The number of carbonyl (C=O) groups excluding carboxylic acids is 1. The minimum Gasteiger partial charge on any atom is -0.323 e. The van der Waals surface area contributed by atoms with E-state index in [1.54, 1.807) is 0 Å². The van der Waals surface area contributed by atoms with Crippen LogP contribution >= 0.6 is 0 Å². The third-order valence-electron chi connectivity index (χ3n) is 5.66. The molecule has 2 atom stereocenters. The molecule has 0 radical (unpaired) electrons. The maximum atomic E-state index is 12.8. The third kappa shape index (κ3) is 2.61. The van der Waals surface area contributed by atoms with Gasteiger partial charge in [0.1, 0.15) is 0 Å². The number of nitrogens with zero attached hydrogens (tertiary/aromatic N) is 1. The van der Waals surface area contributed by atoms with E-state index in [4.69, 9.17) is 0 Å². The molecule has 2 saturated carbocycles. The summed E-state index contributed by atoms with van der Waals surface area (Å²) in [6.07, 6.45) is 11.5. The first-order valence-corrected chi connectivity index (χ1v) is 8.79. The van der Waals surface area contributed by atoms with Gasteiger partial charge in [0.2, 0.25) is 5.91 Å². The second-order valence-corrected chi connectivity index (χ2v) is 7.33. The van der Waals surface area contributed by atoms with Crippen LogP contribution in [0.5, 0.6) is 0 Å². The number of rotatable bonds is 5. The van der Waals surface area contributed by atoms with Crippen molar-refractivity contribution in [3.05, 3.63) is 0 Å². The molecule has 0 bridgehead atoms. The molecule has 3 fully saturated rings. The van der Waals surface area contributed by atoms with Gasteiger partial charge >= 0.3 is 0 Å². The predicted molar refractivity (Wildman–Crippen MR) is 81.2 cm³/mol. The lowest BCUT2D eigenvalue weighted by Gasteiger charge is -2.43. The minimum absolute atomic E-state index is 0.108. The zero-order chi connectivity index (χ0) is 14.1. The zero-order valence-corrected chi connectivity index (χ0v) is 13.1. The molecule has 20 heavy (non-hydrogen) atoms. The number of unbranched alkanes of at least 4 members (excludes halogenated alkanes) is 1. The van der Waals surface area contributed by atoms with Crippen molar-refractivity contribution in [2.75, 3.05) is 0 Å². The molecule has 3 heteroatoms. The van der Waals surface area contributed by atoms with E-state index in [-0.39, 0.29) is 6.04 Å². The molecule has 2 unspecified atom stereocenters. The second kappa shape index (κ2) is 6.05. The van der Waals surface area contributed by atoms with Gasteiger partial charge in [-0.3, -0.25) is 10.1 Å². The van der Waals surface area contributed by atoms with Gasteiger partial charge in [-0.15, -0.1) is 0 Å². The molecule has 1 N–H and O–H groups in total. The average molecular weight is 278 g/mol. The molecule has 2 aliphatic carbocycles. The maximum absolute atomic E-state index is 12.8. The van der Waals surface area contributed by atoms with Crippen molar-refractivity contribution in [3.63, 3.8) is 0 Å². The first-order chi connectivity index (χ1) is 9.70. The Morgan fingerprint density at radius 1 is 1.25 bits per heavy atom. The van der Waals surface area contributed by atoms with E-state index in [0.29, 0.717) is 24.0 Å². The van der Waals surface area contributed by atoms with Gasteiger partial charge in [-0.25, -0.2) is 0 Å². The Hall–Kier alpha value is -0.570. The van der Waals surface area contributed by atoms with E-state index in [1.807, 2.05) is 0 Å². The summed E-state index contributed by atoms with van der Waals surface area (Å²) in [4.78, 5) is 15.1. The van der Waals surface area contributed by atoms with E-state index in [2.05, 4.69) is 24.1 Å². The van der Waals surface area contributed by atoms with Crippen LogP contribution in [0.2, 0.25) is 0 Å². The predicted octanol–water partition coefficient (Wildman–Crippen LogP) is 3.29. The monoisotopic (exact) mass is 278 g/mol. The van der Waals surface area contributed by atoms with Crippen molar-refractivity contribution in [1.29, 1.82) is 0 Å². The van der Waals surface area contributed by atoms with Crippen molar-refractivity contribution in [2.24, 2.45) is 11.8 Å². The number of hydrogen-bond donors (Lipinski definition) is 1. The molecule has 3 nitrogen and oxygen atoms in total. The Labute approximate surface area is 123 Å². The highest BCUT2D eigenvalue weighted by molar-refractivity contribution is 5.84. The van der Waals surface area contributed by atoms with Gasteiger partial charge in [-0.1, -0.05) is 39.5 Å². The van der Waals surface area contributed by atoms with Crippen LogP contribution in [0.15, 0.2) is 0 Å². The second-order valence-electron chi connectivity index (χ2n) is 7.33. The summed E-state index contributed by atoms with van der Waals surface area (Å²) in [5.41, 5.74) is 0. The van der Waals surface area contributed by atoms with Gasteiger partial charge in [0, 0.05) is 6.04 Å². The topological polar surface area (TPSA) is 32.3 Å². The van der Waals surface area contributed by atoms with E-state index in [0.717, 1.165) is 18.8 Å². The highest BCUT2D eigenvalue weighted by atomic mass is 16.2. The Morgan fingerprint density at radius 2 is 1.95 bits per heavy atom. The number of carbonyl (C=O) groups is 1. The highest BCUT2D eigenvalue weighted by Crippen LogP contribution is 2.39. The molecule has 3 rings (SSSR count). The fourth-order valence-corrected chi connectivity index (χ4v) is 4.42. The zero-order valence-electron chi connectivity index (χ0n) is 13.1. The summed E-state index contributed by atoms with van der Waals surface area (Å²) in [5.74, 6) is 1.93. The van der Waals surface area contributed by atoms with E-state index in [9.17, 15) is 4.79 Å². The molecule has 0 aromatic rings. The normalized spacial score (nSPS) is 38.5. The quantitative estimate of drug-likeness (QED) is 0.837. The van der Waals surface area contributed by atoms with Gasteiger partial charge in [0.25, 0.3) is 0 Å². The standard InChI is InChI=1S/C17H30N2O/c1-3-4-9-15-17(20)19(14-10-12(2)11-14)16(18-15)13-7-5-6-8-13/h12-16,18H,3-11H2,1-2H3. The van der Waals surface area contributed by atoms with Crippen molar-refractivity contribution >= 4 is 5.91 Å². The van der Waals surface area contributed by atoms with E-state index < -0.39 is 0 Å². The summed E-state index contributed by atoms with van der Waals surface area (Å²) in [6, 6.07) is 0.638. The average Bonchev–Trinajstić information content (AvgIpc) is 3.01. The van der Waals surface area contributed by atoms with Gasteiger partial charge < -0.3 is 4.90 Å². The van der Waals surface area contributed by atoms with Crippen molar-refractivity contribution in [2.45, 2.75) is 89.9 Å². The summed E-state index contributed by atoms with van der Waals surface area (Å²) in [7, 11) is 0. The molecule has 0 aromatic carbocycles. The molecule has 0 spiro atoms. The van der Waals surface area contributed by atoms with Crippen LogP contribution in [0.4, 0.5) is 0 Å². The Bertz CT molecular complexity index is 345. The molecule has 3 aliphatic rings. The molecular weight excluding hydrogens is 248 g/mol. The number of hydrogen-bond acceptors (Lipinski definition) is 2. The van der Waals surface area contributed by atoms with Gasteiger partial charge in [-0.05, 0) is 43.9 Å². The molecular formula is C17H30N2O. The third-order valence-corrected chi connectivity index (χ3v) is 5.66. The Balaban J connectivity index is 1.70. The SMILES string of the molecule is CCCCC1NC(C2CCCC2)N(C2CC(C)C2)C1=O. The molecule has 0 aromatic heterocycles. The van der Waals surface area contributed by atoms with Gasteiger partial charge in [0.05, 0.1) is 12.2 Å². The molecule has 1 aliphatic heterocycles. The van der Waals surface area contributed by atoms with Crippen LogP contribution in [0.1, 0.15) is 71.6 Å². The summed E-state index contributed by atoms with van der Waals surface area (Å²) >= 11 is 0. The minimum atomic E-state index is 0.108. The summed E-state index contributed by atoms with van der Waals surface area (Å²) < 4.78 is 0. The highest BCUT2D eigenvalue weighted by Gasteiger charge is 2.48. The van der Waals surface area contributed by atoms with Crippen LogP contribution < -0.4 is 5.32 Å². The summed E-state index contributed by atoms with van der Waals surface area (Å²) in [5, 5.41) is 3.71.